The molecular weight excluding hydrogens is 200 g/mol. The SMILES string of the molecule is CCC(=O)Cc1ccc(OCC(C)C)cc1. The third kappa shape index (κ3) is 4.47. The van der Waals surface area contributed by atoms with Gasteiger partial charge in [-0.1, -0.05) is 32.9 Å². The Morgan fingerprint density at radius 3 is 2.38 bits per heavy atom. The van der Waals surface area contributed by atoms with Crippen LogP contribution in [0.2, 0.25) is 0 Å². The topological polar surface area (TPSA) is 26.3 Å². The Morgan fingerprint density at radius 1 is 1.25 bits per heavy atom. The summed E-state index contributed by atoms with van der Waals surface area (Å²) in [5, 5.41) is 0. The van der Waals surface area contributed by atoms with Gasteiger partial charge in [0, 0.05) is 12.8 Å². The fourth-order valence-electron chi connectivity index (χ4n) is 1.32. The number of rotatable bonds is 6. The first-order chi connectivity index (χ1) is 7.61. The van der Waals surface area contributed by atoms with Crippen molar-refractivity contribution < 1.29 is 9.53 Å². The Labute approximate surface area is 97.6 Å². The highest BCUT2D eigenvalue weighted by Gasteiger charge is 2.01. The second kappa shape index (κ2) is 6.31. The molecule has 1 rings (SSSR count). The highest BCUT2D eigenvalue weighted by Crippen LogP contribution is 2.14. The molecular formula is C14H20O2. The minimum atomic E-state index is 0.274. The Morgan fingerprint density at radius 2 is 1.88 bits per heavy atom. The maximum Gasteiger partial charge on any atom is 0.136 e. The molecule has 2 nitrogen and oxygen atoms in total. The number of hydrogen-bond donors (Lipinski definition) is 0. The van der Waals surface area contributed by atoms with Crippen LogP contribution in [0.25, 0.3) is 0 Å². The molecule has 0 aliphatic heterocycles. The molecule has 0 saturated carbocycles. The monoisotopic (exact) mass is 220 g/mol. The number of ketones is 1. The first-order valence-corrected chi connectivity index (χ1v) is 5.85. The normalized spacial score (nSPS) is 10.5. The zero-order chi connectivity index (χ0) is 12.0. The Kier molecular flexibility index (Phi) is 5.03. The second-order valence-corrected chi connectivity index (χ2v) is 4.42. The molecule has 0 aliphatic carbocycles. The molecule has 1 aromatic carbocycles. The molecule has 88 valence electrons. The summed E-state index contributed by atoms with van der Waals surface area (Å²) < 4.78 is 5.57. The predicted octanol–water partition coefficient (Wildman–Crippen LogP) is 3.24. The van der Waals surface area contributed by atoms with Crippen LogP contribution in [0.1, 0.15) is 32.8 Å². The standard InChI is InChI=1S/C14H20O2/c1-4-13(15)9-12-5-7-14(8-6-12)16-10-11(2)3/h5-8,11H,4,9-10H2,1-3H3. The molecule has 0 spiro atoms. The van der Waals surface area contributed by atoms with Gasteiger partial charge in [0.15, 0.2) is 0 Å². The van der Waals surface area contributed by atoms with E-state index in [9.17, 15) is 4.79 Å². The van der Waals surface area contributed by atoms with Crippen LogP contribution >= 0.6 is 0 Å². The lowest BCUT2D eigenvalue weighted by Crippen LogP contribution is -2.04. The fraction of sp³-hybridized carbons (Fsp3) is 0.500. The van der Waals surface area contributed by atoms with E-state index in [0.29, 0.717) is 18.8 Å². The zero-order valence-electron chi connectivity index (χ0n) is 10.3. The highest BCUT2D eigenvalue weighted by molar-refractivity contribution is 5.80. The van der Waals surface area contributed by atoms with Crippen LogP contribution in [0, 0.1) is 5.92 Å². The summed E-state index contributed by atoms with van der Waals surface area (Å²) >= 11 is 0. The molecule has 0 unspecified atom stereocenters. The largest absolute Gasteiger partial charge is 0.493 e. The molecule has 16 heavy (non-hydrogen) atoms. The molecule has 0 amide bonds. The highest BCUT2D eigenvalue weighted by atomic mass is 16.5. The van der Waals surface area contributed by atoms with E-state index in [2.05, 4.69) is 13.8 Å². The number of benzene rings is 1. The van der Waals surface area contributed by atoms with Crippen LogP contribution in [-0.4, -0.2) is 12.4 Å². The number of Topliss-reactive ketones (excluding diaryl/α,β-unsaturated/α-hetero) is 1. The van der Waals surface area contributed by atoms with E-state index >= 15 is 0 Å². The third-order valence-corrected chi connectivity index (χ3v) is 2.30. The van der Waals surface area contributed by atoms with Gasteiger partial charge in [0.2, 0.25) is 0 Å². The lowest BCUT2D eigenvalue weighted by molar-refractivity contribution is -0.118. The van der Waals surface area contributed by atoms with Gasteiger partial charge in [-0.25, -0.2) is 0 Å². The summed E-state index contributed by atoms with van der Waals surface area (Å²) in [5.41, 5.74) is 1.06. The lowest BCUT2D eigenvalue weighted by atomic mass is 10.1. The molecule has 0 aliphatic rings. The Hall–Kier alpha value is -1.31. The van der Waals surface area contributed by atoms with Crippen molar-refractivity contribution in [3.8, 4) is 5.75 Å². The zero-order valence-corrected chi connectivity index (χ0v) is 10.3. The maximum atomic E-state index is 11.2. The molecule has 0 N–H and O–H groups in total. The number of carbonyl (C=O) groups is 1. The Balaban J connectivity index is 2.51. The molecule has 2 heteroatoms. The van der Waals surface area contributed by atoms with Crippen molar-refractivity contribution in [1.82, 2.24) is 0 Å². The van der Waals surface area contributed by atoms with Crippen molar-refractivity contribution in [2.75, 3.05) is 6.61 Å². The second-order valence-electron chi connectivity index (χ2n) is 4.42. The van der Waals surface area contributed by atoms with Gasteiger partial charge in [0.05, 0.1) is 6.61 Å². The summed E-state index contributed by atoms with van der Waals surface area (Å²) in [5.74, 6) is 1.68. The van der Waals surface area contributed by atoms with Crippen molar-refractivity contribution in [3.63, 3.8) is 0 Å². The van der Waals surface area contributed by atoms with E-state index in [4.69, 9.17) is 4.74 Å². The number of carbonyl (C=O) groups excluding carboxylic acids is 1. The van der Waals surface area contributed by atoms with E-state index in [-0.39, 0.29) is 5.78 Å². The third-order valence-electron chi connectivity index (χ3n) is 2.30. The van der Waals surface area contributed by atoms with E-state index in [0.717, 1.165) is 17.9 Å². The van der Waals surface area contributed by atoms with E-state index < -0.39 is 0 Å². The van der Waals surface area contributed by atoms with Crippen LogP contribution in [-0.2, 0) is 11.2 Å². The first kappa shape index (κ1) is 12.8. The van der Waals surface area contributed by atoms with Gasteiger partial charge in [0.25, 0.3) is 0 Å². The summed E-state index contributed by atoms with van der Waals surface area (Å²) in [4.78, 5) is 11.2. The number of ether oxygens (including phenoxy) is 1. The van der Waals surface area contributed by atoms with Crippen molar-refractivity contribution in [1.29, 1.82) is 0 Å². The van der Waals surface area contributed by atoms with Crippen LogP contribution in [0.5, 0.6) is 5.75 Å². The fourth-order valence-corrected chi connectivity index (χ4v) is 1.32. The van der Waals surface area contributed by atoms with Crippen LogP contribution in [0.3, 0.4) is 0 Å². The Bertz CT molecular complexity index is 325. The van der Waals surface area contributed by atoms with Crippen molar-refractivity contribution in [2.45, 2.75) is 33.6 Å². The van der Waals surface area contributed by atoms with Gasteiger partial charge >= 0.3 is 0 Å². The molecule has 0 atom stereocenters. The van der Waals surface area contributed by atoms with Crippen LogP contribution in [0.4, 0.5) is 0 Å². The minimum Gasteiger partial charge on any atom is -0.493 e. The van der Waals surface area contributed by atoms with Crippen molar-refractivity contribution in [3.05, 3.63) is 29.8 Å². The van der Waals surface area contributed by atoms with E-state index in [1.54, 1.807) is 0 Å². The summed E-state index contributed by atoms with van der Waals surface area (Å²) in [6.07, 6.45) is 1.13. The van der Waals surface area contributed by atoms with Crippen molar-refractivity contribution >= 4 is 5.78 Å². The average Bonchev–Trinajstić information content (AvgIpc) is 2.28. The summed E-state index contributed by atoms with van der Waals surface area (Å²) in [6.45, 7) is 6.86. The molecule has 0 radical (unpaired) electrons. The van der Waals surface area contributed by atoms with Crippen LogP contribution < -0.4 is 4.74 Å². The average molecular weight is 220 g/mol. The van der Waals surface area contributed by atoms with Gasteiger partial charge < -0.3 is 4.74 Å². The summed E-state index contributed by atoms with van der Waals surface area (Å²) in [7, 11) is 0. The van der Waals surface area contributed by atoms with Crippen molar-refractivity contribution in [2.24, 2.45) is 5.92 Å². The molecule has 0 bridgehead atoms. The van der Waals surface area contributed by atoms with Gasteiger partial charge in [0.1, 0.15) is 11.5 Å². The van der Waals surface area contributed by atoms with Gasteiger partial charge in [-0.2, -0.15) is 0 Å². The molecule has 0 aromatic heterocycles. The van der Waals surface area contributed by atoms with Gasteiger partial charge in [-0.3, -0.25) is 4.79 Å². The predicted molar refractivity (Wildman–Crippen MR) is 65.8 cm³/mol. The molecule has 0 fully saturated rings. The molecule has 0 heterocycles. The lowest BCUT2D eigenvalue weighted by Gasteiger charge is -2.08. The van der Waals surface area contributed by atoms with E-state index in [1.165, 1.54) is 0 Å². The molecule has 0 saturated heterocycles. The van der Waals surface area contributed by atoms with Gasteiger partial charge in [-0.15, -0.1) is 0 Å². The van der Waals surface area contributed by atoms with Crippen LogP contribution in [0.15, 0.2) is 24.3 Å². The number of hydrogen-bond acceptors (Lipinski definition) is 2. The van der Waals surface area contributed by atoms with Gasteiger partial charge in [-0.05, 0) is 23.6 Å². The quantitative estimate of drug-likeness (QED) is 0.735. The minimum absolute atomic E-state index is 0.274. The van der Waals surface area contributed by atoms with E-state index in [1.807, 2.05) is 31.2 Å². The molecule has 1 aromatic rings. The first-order valence-electron chi connectivity index (χ1n) is 5.85. The smallest absolute Gasteiger partial charge is 0.136 e. The maximum absolute atomic E-state index is 11.2. The summed E-state index contributed by atoms with van der Waals surface area (Å²) in [6, 6.07) is 7.79.